The quantitative estimate of drug-likeness (QED) is 0.701. The maximum absolute atomic E-state index is 4.27. The molecule has 0 atom stereocenters. The number of thiazole rings is 2. The van der Waals surface area contributed by atoms with Crippen molar-refractivity contribution in [3.05, 3.63) is 22.1 Å². The van der Waals surface area contributed by atoms with Gasteiger partial charge in [0.25, 0.3) is 0 Å². The lowest BCUT2D eigenvalue weighted by Gasteiger charge is -1.83. The number of nitrogens with zero attached hydrogens (tertiary/aromatic N) is 2. The molecule has 2 aromatic rings. The van der Waals surface area contributed by atoms with E-state index in [4.69, 9.17) is 0 Å². The van der Waals surface area contributed by atoms with Crippen LogP contribution in [0.3, 0.4) is 0 Å². The third kappa shape index (κ3) is 1.40. The fourth-order valence-corrected chi connectivity index (χ4v) is 2.47. The van der Waals surface area contributed by atoms with Gasteiger partial charge in [-0.15, -0.1) is 22.7 Å². The van der Waals surface area contributed by atoms with Gasteiger partial charge in [0.1, 0.15) is 0 Å². The van der Waals surface area contributed by atoms with E-state index in [0.29, 0.717) is 0 Å². The fourth-order valence-electron chi connectivity index (χ4n) is 0.907. The highest BCUT2D eigenvalue weighted by Gasteiger charge is 2.05. The average Bonchev–Trinajstić information content (AvgIpc) is 2.58. The van der Waals surface area contributed by atoms with Crippen molar-refractivity contribution in [1.82, 2.24) is 9.97 Å². The molecule has 0 N–H and O–H groups in total. The number of hydrogen-bond donors (Lipinski definition) is 0. The van der Waals surface area contributed by atoms with Crippen molar-refractivity contribution in [1.29, 1.82) is 0 Å². The molecule has 0 radical (unpaired) electrons. The molecule has 0 fully saturated rings. The topological polar surface area (TPSA) is 25.8 Å². The van der Waals surface area contributed by atoms with Crippen LogP contribution in [-0.2, 0) is 0 Å². The Hall–Kier alpha value is -0.740. The van der Waals surface area contributed by atoms with Gasteiger partial charge in [0.05, 0.1) is 0 Å². The van der Waals surface area contributed by atoms with Gasteiger partial charge in [-0.05, 0) is 13.8 Å². The molecular weight excluding hydrogens is 188 g/mol. The Morgan fingerprint density at radius 3 is 1.58 bits per heavy atom. The van der Waals surface area contributed by atoms with Gasteiger partial charge in [-0.2, -0.15) is 0 Å². The molecule has 4 heteroatoms. The summed E-state index contributed by atoms with van der Waals surface area (Å²) in [4.78, 5) is 11.0. The van der Waals surface area contributed by atoms with Gasteiger partial charge in [0.2, 0.25) is 0 Å². The van der Waals surface area contributed by atoms with Crippen LogP contribution in [0.5, 0.6) is 0 Å². The minimum absolute atomic E-state index is 1.03. The number of rotatable bonds is 1. The molecule has 0 aliphatic heterocycles. The van der Waals surface area contributed by atoms with Crippen molar-refractivity contribution in [2.24, 2.45) is 0 Å². The van der Waals surface area contributed by atoms with Gasteiger partial charge >= 0.3 is 0 Å². The van der Waals surface area contributed by atoms with Crippen LogP contribution in [0.2, 0.25) is 0 Å². The first-order chi connectivity index (χ1) is 5.75. The van der Waals surface area contributed by atoms with E-state index < -0.39 is 0 Å². The van der Waals surface area contributed by atoms with Crippen molar-refractivity contribution in [2.75, 3.05) is 0 Å². The Kier molecular flexibility index (Phi) is 1.94. The van der Waals surface area contributed by atoms with Crippen LogP contribution in [0.15, 0.2) is 12.4 Å². The molecule has 0 spiro atoms. The monoisotopic (exact) mass is 196 g/mol. The van der Waals surface area contributed by atoms with Crippen molar-refractivity contribution in [2.45, 2.75) is 13.8 Å². The zero-order valence-corrected chi connectivity index (χ0v) is 8.50. The molecular formula is C8H8N2S2. The van der Waals surface area contributed by atoms with E-state index in [1.54, 1.807) is 22.7 Å². The highest BCUT2D eigenvalue weighted by Crippen LogP contribution is 2.27. The van der Waals surface area contributed by atoms with Crippen LogP contribution in [0, 0.1) is 13.8 Å². The molecule has 2 nitrogen and oxygen atoms in total. The summed E-state index contributed by atoms with van der Waals surface area (Å²) < 4.78 is 0. The van der Waals surface area contributed by atoms with Crippen LogP contribution in [0.1, 0.15) is 9.75 Å². The Balaban J connectivity index is 2.43. The van der Waals surface area contributed by atoms with Gasteiger partial charge in [0.15, 0.2) is 10.0 Å². The molecule has 2 aromatic heterocycles. The first-order valence-corrected chi connectivity index (χ1v) is 5.24. The Bertz CT molecular complexity index is 351. The molecule has 0 bridgehead atoms. The molecule has 0 unspecified atom stereocenters. The Morgan fingerprint density at radius 1 is 0.917 bits per heavy atom. The lowest BCUT2D eigenvalue weighted by molar-refractivity contribution is 1.33. The van der Waals surface area contributed by atoms with Crippen molar-refractivity contribution in [3.63, 3.8) is 0 Å². The van der Waals surface area contributed by atoms with Crippen LogP contribution >= 0.6 is 22.7 Å². The van der Waals surface area contributed by atoms with E-state index in [1.165, 1.54) is 9.75 Å². The molecule has 0 aliphatic carbocycles. The Morgan fingerprint density at radius 2 is 1.33 bits per heavy atom. The zero-order valence-electron chi connectivity index (χ0n) is 6.87. The molecule has 2 heterocycles. The number of aryl methyl sites for hydroxylation is 2. The highest BCUT2D eigenvalue weighted by molar-refractivity contribution is 7.21. The summed E-state index contributed by atoms with van der Waals surface area (Å²) in [6.45, 7) is 4.11. The third-order valence-corrected chi connectivity index (χ3v) is 3.39. The number of aromatic nitrogens is 2. The van der Waals surface area contributed by atoms with E-state index >= 15 is 0 Å². The van der Waals surface area contributed by atoms with E-state index in [9.17, 15) is 0 Å². The second-order valence-electron chi connectivity index (χ2n) is 2.55. The van der Waals surface area contributed by atoms with Crippen LogP contribution in [0.25, 0.3) is 10.0 Å². The zero-order chi connectivity index (χ0) is 8.55. The fraction of sp³-hybridized carbons (Fsp3) is 0.250. The molecule has 12 heavy (non-hydrogen) atoms. The van der Waals surface area contributed by atoms with Crippen molar-refractivity contribution >= 4 is 22.7 Å². The summed E-state index contributed by atoms with van der Waals surface area (Å²) in [5, 5.41) is 2.07. The van der Waals surface area contributed by atoms with Crippen LogP contribution in [-0.4, -0.2) is 9.97 Å². The molecule has 0 aromatic carbocycles. The molecule has 0 amide bonds. The molecule has 0 saturated carbocycles. The van der Waals surface area contributed by atoms with Crippen LogP contribution < -0.4 is 0 Å². The molecule has 2 rings (SSSR count). The minimum atomic E-state index is 1.03. The lowest BCUT2D eigenvalue weighted by atomic mass is 10.6. The van der Waals surface area contributed by atoms with Gasteiger partial charge in [0, 0.05) is 22.1 Å². The SMILES string of the molecule is Cc1cnc(-c2ncc(C)s2)s1. The average molecular weight is 196 g/mol. The van der Waals surface area contributed by atoms with Gasteiger partial charge < -0.3 is 0 Å². The largest absolute Gasteiger partial charge is 0.242 e. The van der Waals surface area contributed by atoms with Crippen molar-refractivity contribution < 1.29 is 0 Å². The van der Waals surface area contributed by atoms with E-state index in [-0.39, 0.29) is 0 Å². The summed E-state index contributed by atoms with van der Waals surface area (Å²) in [5.41, 5.74) is 0. The van der Waals surface area contributed by atoms with Gasteiger partial charge in [-0.1, -0.05) is 0 Å². The Labute approximate surface area is 78.9 Å². The van der Waals surface area contributed by atoms with Crippen molar-refractivity contribution in [3.8, 4) is 10.0 Å². The maximum atomic E-state index is 4.27. The predicted molar refractivity (Wildman–Crippen MR) is 52.7 cm³/mol. The lowest BCUT2D eigenvalue weighted by Crippen LogP contribution is -1.68. The molecule has 0 aliphatic rings. The van der Waals surface area contributed by atoms with E-state index in [2.05, 4.69) is 23.8 Å². The van der Waals surface area contributed by atoms with E-state index in [0.717, 1.165) is 10.0 Å². The minimum Gasteiger partial charge on any atom is -0.242 e. The summed E-state index contributed by atoms with van der Waals surface area (Å²) in [5.74, 6) is 0. The van der Waals surface area contributed by atoms with Gasteiger partial charge in [-0.3, -0.25) is 0 Å². The second-order valence-corrected chi connectivity index (χ2v) is 5.02. The maximum Gasteiger partial charge on any atom is 0.152 e. The summed E-state index contributed by atoms with van der Waals surface area (Å²) in [6, 6.07) is 0. The second kappa shape index (κ2) is 2.95. The summed E-state index contributed by atoms with van der Waals surface area (Å²) in [6.07, 6.45) is 3.77. The smallest absolute Gasteiger partial charge is 0.152 e. The number of hydrogen-bond acceptors (Lipinski definition) is 4. The summed E-state index contributed by atoms with van der Waals surface area (Å²) in [7, 11) is 0. The standard InChI is InChI=1S/C8H8N2S2/c1-5-3-9-7(11-5)8-10-4-6(2)12-8/h3-4H,1-2H3. The third-order valence-electron chi connectivity index (χ3n) is 1.43. The van der Waals surface area contributed by atoms with Gasteiger partial charge in [-0.25, -0.2) is 9.97 Å². The first-order valence-electron chi connectivity index (χ1n) is 3.61. The normalized spacial score (nSPS) is 10.5. The first kappa shape index (κ1) is 7.89. The summed E-state index contributed by atoms with van der Waals surface area (Å²) >= 11 is 3.38. The molecule has 0 saturated heterocycles. The highest BCUT2D eigenvalue weighted by atomic mass is 32.1. The molecule has 62 valence electrons. The van der Waals surface area contributed by atoms with E-state index in [1.807, 2.05) is 12.4 Å². The predicted octanol–water partition coefficient (Wildman–Crippen LogP) is 2.88. The van der Waals surface area contributed by atoms with Crippen LogP contribution in [0.4, 0.5) is 0 Å².